The van der Waals surface area contributed by atoms with Crippen molar-refractivity contribution in [3.8, 4) is 11.8 Å². The van der Waals surface area contributed by atoms with Crippen LogP contribution >= 0.6 is 0 Å². The van der Waals surface area contributed by atoms with Crippen LogP contribution in [0.25, 0.3) is 0 Å². The van der Waals surface area contributed by atoms with E-state index in [1.807, 2.05) is 35.2 Å². The SMILES string of the molecule is COc1ccc(N(CC(=O)NCC#N)Cc2ccc(C(C)C)cc2)cc1. The molecule has 1 N–H and O–H groups in total. The maximum Gasteiger partial charge on any atom is 0.240 e. The summed E-state index contributed by atoms with van der Waals surface area (Å²) in [6.45, 7) is 5.12. The summed E-state index contributed by atoms with van der Waals surface area (Å²) in [6, 6.07) is 18.0. The maximum atomic E-state index is 12.1. The summed E-state index contributed by atoms with van der Waals surface area (Å²) in [7, 11) is 1.62. The molecule has 0 aliphatic carbocycles. The maximum absolute atomic E-state index is 12.1. The fourth-order valence-corrected chi connectivity index (χ4v) is 2.63. The summed E-state index contributed by atoms with van der Waals surface area (Å²) < 4.78 is 5.20. The van der Waals surface area contributed by atoms with Gasteiger partial charge in [-0.15, -0.1) is 0 Å². The molecule has 0 aliphatic rings. The fourth-order valence-electron chi connectivity index (χ4n) is 2.63. The van der Waals surface area contributed by atoms with E-state index in [0.717, 1.165) is 17.0 Å². The van der Waals surface area contributed by atoms with Crippen molar-refractivity contribution in [2.24, 2.45) is 0 Å². The highest BCUT2D eigenvalue weighted by molar-refractivity contribution is 5.81. The van der Waals surface area contributed by atoms with Crippen LogP contribution in [0.1, 0.15) is 30.9 Å². The van der Waals surface area contributed by atoms with Crippen LogP contribution in [0.4, 0.5) is 5.69 Å². The Labute approximate surface area is 155 Å². The van der Waals surface area contributed by atoms with E-state index >= 15 is 0 Å². The predicted molar refractivity (Wildman–Crippen MR) is 103 cm³/mol. The van der Waals surface area contributed by atoms with Crippen molar-refractivity contribution in [1.82, 2.24) is 5.32 Å². The zero-order valence-corrected chi connectivity index (χ0v) is 15.5. The predicted octanol–water partition coefficient (Wildman–Crippen LogP) is 3.46. The second kappa shape index (κ2) is 9.47. The number of hydrogen-bond donors (Lipinski definition) is 1. The molecule has 0 heterocycles. The second-order valence-corrected chi connectivity index (χ2v) is 6.39. The van der Waals surface area contributed by atoms with Crippen molar-refractivity contribution >= 4 is 11.6 Å². The highest BCUT2D eigenvalue weighted by Crippen LogP contribution is 2.22. The van der Waals surface area contributed by atoms with Crippen molar-refractivity contribution in [1.29, 1.82) is 5.26 Å². The van der Waals surface area contributed by atoms with Crippen LogP contribution in [0.15, 0.2) is 48.5 Å². The number of amides is 1. The van der Waals surface area contributed by atoms with Gasteiger partial charge in [0.15, 0.2) is 0 Å². The molecule has 1 amide bonds. The van der Waals surface area contributed by atoms with Gasteiger partial charge in [0.05, 0.1) is 19.7 Å². The summed E-state index contributed by atoms with van der Waals surface area (Å²) in [5.41, 5.74) is 3.33. The number of nitrogens with zero attached hydrogens (tertiary/aromatic N) is 2. The molecule has 136 valence electrons. The average Bonchev–Trinajstić information content (AvgIpc) is 2.66. The molecule has 26 heavy (non-hydrogen) atoms. The van der Waals surface area contributed by atoms with Gasteiger partial charge in [0.25, 0.3) is 0 Å². The average molecular weight is 351 g/mol. The first-order chi connectivity index (χ1) is 12.5. The van der Waals surface area contributed by atoms with E-state index in [-0.39, 0.29) is 19.0 Å². The monoisotopic (exact) mass is 351 g/mol. The Bertz CT molecular complexity index is 746. The molecule has 0 spiro atoms. The molecule has 5 nitrogen and oxygen atoms in total. The van der Waals surface area contributed by atoms with E-state index in [4.69, 9.17) is 10.00 Å². The molecule has 2 aromatic rings. The molecule has 0 aromatic heterocycles. The topological polar surface area (TPSA) is 65.4 Å². The Hall–Kier alpha value is -3.00. The lowest BCUT2D eigenvalue weighted by Crippen LogP contribution is -2.37. The third kappa shape index (κ3) is 5.52. The van der Waals surface area contributed by atoms with Crippen LogP contribution in [0.2, 0.25) is 0 Å². The van der Waals surface area contributed by atoms with E-state index in [2.05, 4.69) is 43.4 Å². The number of hydrogen-bond acceptors (Lipinski definition) is 4. The van der Waals surface area contributed by atoms with E-state index < -0.39 is 0 Å². The van der Waals surface area contributed by atoms with Gasteiger partial charge >= 0.3 is 0 Å². The Balaban J connectivity index is 2.18. The molecular weight excluding hydrogens is 326 g/mol. The molecule has 0 radical (unpaired) electrons. The van der Waals surface area contributed by atoms with Crippen LogP contribution < -0.4 is 15.0 Å². The van der Waals surface area contributed by atoms with Gasteiger partial charge in [-0.05, 0) is 41.3 Å². The number of carbonyl (C=O) groups is 1. The Morgan fingerprint density at radius 1 is 1.15 bits per heavy atom. The smallest absolute Gasteiger partial charge is 0.240 e. The van der Waals surface area contributed by atoms with E-state index in [1.54, 1.807) is 7.11 Å². The van der Waals surface area contributed by atoms with Crippen molar-refractivity contribution in [3.63, 3.8) is 0 Å². The first kappa shape index (κ1) is 19.3. The Morgan fingerprint density at radius 2 is 1.81 bits per heavy atom. The number of rotatable bonds is 8. The number of carbonyl (C=O) groups excluding carboxylic acids is 1. The van der Waals surface area contributed by atoms with E-state index in [0.29, 0.717) is 12.5 Å². The van der Waals surface area contributed by atoms with Crippen LogP contribution in [0.3, 0.4) is 0 Å². The van der Waals surface area contributed by atoms with E-state index in [9.17, 15) is 4.79 Å². The lowest BCUT2D eigenvalue weighted by molar-refractivity contribution is -0.119. The quantitative estimate of drug-likeness (QED) is 0.740. The van der Waals surface area contributed by atoms with Crippen LogP contribution in [0.5, 0.6) is 5.75 Å². The van der Waals surface area contributed by atoms with Gasteiger partial charge in [0.1, 0.15) is 12.3 Å². The molecule has 0 bridgehead atoms. The van der Waals surface area contributed by atoms with Gasteiger partial charge in [-0.2, -0.15) is 5.26 Å². The summed E-state index contributed by atoms with van der Waals surface area (Å²) >= 11 is 0. The molecule has 0 atom stereocenters. The fraction of sp³-hybridized carbons (Fsp3) is 0.333. The molecule has 0 fully saturated rings. The third-order valence-electron chi connectivity index (χ3n) is 4.16. The number of anilines is 1. The zero-order valence-electron chi connectivity index (χ0n) is 15.5. The van der Waals surface area contributed by atoms with Crippen molar-refractivity contribution in [2.75, 3.05) is 25.1 Å². The highest BCUT2D eigenvalue weighted by atomic mass is 16.5. The lowest BCUT2D eigenvalue weighted by atomic mass is 10.0. The summed E-state index contributed by atoms with van der Waals surface area (Å²) in [5, 5.41) is 11.2. The Kier molecular flexibility index (Phi) is 7.04. The number of benzene rings is 2. The van der Waals surface area contributed by atoms with Crippen LogP contribution in [-0.2, 0) is 11.3 Å². The first-order valence-corrected chi connectivity index (χ1v) is 8.65. The molecule has 2 aromatic carbocycles. The van der Waals surface area contributed by atoms with Crippen molar-refractivity contribution in [3.05, 3.63) is 59.7 Å². The standard InChI is InChI=1S/C21H25N3O2/c1-16(2)18-6-4-17(5-7-18)14-24(15-21(25)23-13-12-22)19-8-10-20(26-3)11-9-19/h4-11,16H,13-15H2,1-3H3,(H,23,25). The molecule has 0 saturated heterocycles. The van der Waals surface area contributed by atoms with Crippen molar-refractivity contribution in [2.45, 2.75) is 26.3 Å². The van der Waals surface area contributed by atoms with Gasteiger partial charge in [-0.1, -0.05) is 38.1 Å². The number of ether oxygens (including phenoxy) is 1. The second-order valence-electron chi connectivity index (χ2n) is 6.39. The zero-order chi connectivity index (χ0) is 18.9. The van der Waals surface area contributed by atoms with Gasteiger partial charge < -0.3 is 15.0 Å². The molecule has 5 heteroatoms. The molecule has 0 aliphatic heterocycles. The van der Waals surface area contributed by atoms with Gasteiger partial charge in [-0.25, -0.2) is 0 Å². The highest BCUT2D eigenvalue weighted by Gasteiger charge is 2.13. The van der Waals surface area contributed by atoms with Crippen LogP contribution in [0, 0.1) is 11.3 Å². The normalized spacial score (nSPS) is 10.3. The molecule has 2 rings (SSSR count). The minimum Gasteiger partial charge on any atom is -0.497 e. The lowest BCUT2D eigenvalue weighted by Gasteiger charge is -2.24. The number of nitrogens with one attached hydrogen (secondary N) is 1. The van der Waals surface area contributed by atoms with Gasteiger partial charge in [-0.3, -0.25) is 4.79 Å². The number of methoxy groups -OCH3 is 1. The molecular formula is C21H25N3O2. The molecule has 0 unspecified atom stereocenters. The van der Waals surface area contributed by atoms with E-state index in [1.165, 1.54) is 5.56 Å². The van der Waals surface area contributed by atoms with Crippen LogP contribution in [-0.4, -0.2) is 26.1 Å². The largest absolute Gasteiger partial charge is 0.497 e. The summed E-state index contributed by atoms with van der Waals surface area (Å²) in [6.07, 6.45) is 0. The van der Waals surface area contributed by atoms with Gasteiger partial charge in [0, 0.05) is 12.2 Å². The van der Waals surface area contributed by atoms with Gasteiger partial charge in [0.2, 0.25) is 5.91 Å². The summed E-state index contributed by atoms with van der Waals surface area (Å²) in [5.74, 6) is 1.07. The van der Waals surface area contributed by atoms with Crippen molar-refractivity contribution < 1.29 is 9.53 Å². The summed E-state index contributed by atoms with van der Waals surface area (Å²) in [4.78, 5) is 14.1. The Morgan fingerprint density at radius 3 is 2.35 bits per heavy atom. The minimum atomic E-state index is -0.179. The molecule has 0 saturated carbocycles. The first-order valence-electron chi connectivity index (χ1n) is 8.65. The number of nitriles is 1. The minimum absolute atomic E-state index is 0.0123. The third-order valence-corrected chi connectivity index (χ3v) is 4.16.